The van der Waals surface area contributed by atoms with Crippen LogP contribution in [0, 0.1) is 17.8 Å². The molecule has 26 heavy (non-hydrogen) atoms. The molecule has 0 aliphatic heterocycles. The van der Waals surface area contributed by atoms with Crippen molar-refractivity contribution < 1.29 is 13.2 Å². The van der Waals surface area contributed by atoms with E-state index >= 15 is 0 Å². The van der Waals surface area contributed by atoms with Crippen LogP contribution in [0.15, 0.2) is 52.9 Å². The largest absolute Gasteiger partial charge is 0.372 e. The Morgan fingerprint density at radius 2 is 2.19 bits per heavy atom. The normalized spacial score (nSPS) is 23.2. The van der Waals surface area contributed by atoms with Gasteiger partial charge in [-0.1, -0.05) is 33.8 Å². The molecule has 136 valence electrons. The number of nitrogens with zero attached hydrogens (tertiary/aromatic N) is 2. The maximum Gasteiger partial charge on any atom is 0.249 e. The second kappa shape index (κ2) is 7.03. The van der Waals surface area contributed by atoms with Gasteiger partial charge in [-0.3, -0.25) is 4.98 Å². The quantitative estimate of drug-likeness (QED) is 0.693. The van der Waals surface area contributed by atoms with Crippen LogP contribution in [0.5, 0.6) is 0 Å². The van der Waals surface area contributed by atoms with Crippen molar-refractivity contribution in [2.24, 2.45) is 5.92 Å². The van der Waals surface area contributed by atoms with Crippen molar-refractivity contribution in [2.75, 3.05) is 13.7 Å². The third kappa shape index (κ3) is 2.92. The minimum atomic E-state index is -3.80. The third-order valence-corrected chi connectivity index (χ3v) is 7.76. The van der Waals surface area contributed by atoms with E-state index in [-0.39, 0.29) is 6.61 Å². The first kappa shape index (κ1) is 18.9. The molecule has 0 radical (unpaired) electrons. The van der Waals surface area contributed by atoms with Gasteiger partial charge < -0.3 is 4.74 Å². The molecule has 3 rings (SSSR count). The fourth-order valence-corrected chi connectivity index (χ4v) is 5.66. The highest BCUT2D eigenvalue weighted by Gasteiger charge is 2.49. The topological polar surface area (TPSA) is 61.2 Å². The van der Waals surface area contributed by atoms with Gasteiger partial charge in [0.15, 0.2) is 0 Å². The van der Waals surface area contributed by atoms with E-state index in [2.05, 4.69) is 32.8 Å². The zero-order chi connectivity index (χ0) is 18.9. The Morgan fingerprint density at radius 3 is 2.92 bits per heavy atom. The summed E-state index contributed by atoms with van der Waals surface area (Å²) in [6, 6.07) is 3.57. The fourth-order valence-electron chi connectivity index (χ4n) is 3.09. The van der Waals surface area contributed by atoms with E-state index in [0.717, 1.165) is 9.87 Å². The van der Waals surface area contributed by atoms with Gasteiger partial charge in [0.1, 0.15) is 11.4 Å². The summed E-state index contributed by atoms with van der Waals surface area (Å²) in [7, 11) is -2.25. The number of methoxy groups -OCH3 is 1. The van der Waals surface area contributed by atoms with Crippen molar-refractivity contribution in [3.63, 3.8) is 0 Å². The number of halogens is 1. The van der Waals surface area contributed by atoms with E-state index in [1.807, 2.05) is 19.1 Å². The number of aromatic nitrogens is 2. The summed E-state index contributed by atoms with van der Waals surface area (Å²) in [5, 5.41) is 0.823. The lowest BCUT2D eigenvalue weighted by Crippen LogP contribution is -2.47. The maximum atomic E-state index is 13.7. The molecule has 2 aromatic heterocycles. The van der Waals surface area contributed by atoms with Gasteiger partial charge in [0.2, 0.25) is 10.0 Å². The van der Waals surface area contributed by atoms with Gasteiger partial charge in [0, 0.05) is 29.4 Å². The van der Waals surface area contributed by atoms with Gasteiger partial charge in [-0.05, 0) is 37.6 Å². The van der Waals surface area contributed by atoms with Crippen LogP contribution in [-0.4, -0.2) is 35.8 Å². The molecule has 0 bridgehead atoms. The summed E-state index contributed by atoms with van der Waals surface area (Å²) in [5.41, 5.74) is 1.27. The van der Waals surface area contributed by atoms with Gasteiger partial charge in [-0.2, -0.15) is 0 Å². The molecule has 2 unspecified atom stereocenters. The first-order valence-corrected chi connectivity index (χ1v) is 10.3. The first-order valence-electron chi connectivity index (χ1n) is 8.02. The fraction of sp³-hybridized carbons (Fsp3) is 0.316. The third-order valence-electron chi connectivity index (χ3n) is 4.79. The van der Waals surface area contributed by atoms with Gasteiger partial charge >= 0.3 is 0 Å². The average Bonchev–Trinajstić information content (AvgIpc) is 3.04. The SMILES string of the molecule is COCC#CC1C=C(Br)C=C(C)C1(C)S(=O)(=O)n1ccc2ccncc21. The predicted molar refractivity (Wildman–Crippen MR) is 106 cm³/mol. The number of hydrogen-bond acceptors (Lipinski definition) is 4. The summed E-state index contributed by atoms with van der Waals surface area (Å²) in [5.74, 6) is 5.45. The van der Waals surface area contributed by atoms with Crippen molar-refractivity contribution in [1.29, 1.82) is 0 Å². The molecule has 0 saturated carbocycles. The molecule has 2 heterocycles. The van der Waals surface area contributed by atoms with Crippen LogP contribution in [0.3, 0.4) is 0 Å². The van der Waals surface area contributed by atoms with E-state index in [1.54, 1.807) is 44.8 Å². The zero-order valence-corrected chi connectivity index (χ0v) is 17.1. The van der Waals surface area contributed by atoms with Crippen molar-refractivity contribution in [1.82, 2.24) is 8.96 Å². The Bertz CT molecular complexity index is 1070. The standard InChI is InChI=1S/C19H19BrN2O3S/c1-14-11-17(20)12-16(5-4-10-25-3)19(14,2)26(23,24)22-9-7-15-6-8-21-13-18(15)22/h6-9,11-13,16H,10H2,1-3H3. The second-order valence-electron chi connectivity index (χ2n) is 6.27. The number of allylic oxidation sites excluding steroid dienone is 3. The smallest absolute Gasteiger partial charge is 0.249 e. The molecular weight excluding hydrogens is 416 g/mol. The molecule has 0 amide bonds. The number of ether oxygens (including phenoxy) is 1. The Labute approximate surface area is 161 Å². The monoisotopic (exact) mass is 434 g/mol. The van der Waals surface area contributed by atoms with Crippen LogP contribution >= 0.6 is 15.9 Å². The Kier molecular flexibility index (Phi) is 5.11. The average molecular weight is 435 g/mol. The summed E-state index contributed by atoms with van der Waals surface area (Å²) >= 11 is 3.46. The molecular formula is C19H19BrN2O3S. The molecule has 0 saturated heterocycles. The zero-order valence-electron chi connectivity index (χ0n) is 14.7. The molecule has 0 spiro atoms. The van der Waals surface area contributed by atoms with E-state index in [4.69, 9.17) is 4.74 Å². The summed E-state index contributed by atoms with van der Waals surface area (Å²) in [6.07, 6.45) is 8.45. The van der Waals surface area contributed by atoms with Gasteiger partial charge in [0.25, 0.3) is 0 Å². The van der Waals surface area contributed by atoms with E-state index < -0.39 is 20.7 Å². The highest BCUT2D eigenvalue weighted by atomic mass is 79.9. The molecule has 0 aromatic carbocycles. The first-order chi connectivity index (χ1) is 12.3. The number of hydrogen-bond donors (Lipinski definition) is 0. The Hall–Kier alpha value is -1.88. The van der Waals surface area contributed by atoms with Crippen LogP contribution in [0.4, 0.5) is 0 Å². The highest BCUT2D eigenvalue weighted by Crippen LogP contribution is 2.42. The maximum absolute atomic E-state index is 13.7. The van der Waals surface area contributed by atoms with Crippen LogP contribution < -0.4 is 0 Å². The molecule has 1 aliphatic rings. The van der Waals surface area contributed by atoms with E-state index in [0.29, 0.717) is 11.1 Å². The Morgan fingerprint density at radius 1 is 1.42 bits per heavy atom. The van der Waals surface area contributed by atoms with Crippen LogP contribution in [0.1, 0.15) is 13.8 Å². The molecule has 2 aromatic rings. The highest BCUT2D eigenvalue weighted by molar-refractivity contribution is 9.11. The predicted octanol–water partition coefficient (Wildman–Crippen LogP) is 3.48. The van der Waals surface area contributed by atoms with E-state index in [9.17, 15) is 8.42 Å². The lowest BCUT2D eigenvalue weighted by Gasteiger charge is -2.36. The van der Waals surface area contributed by atoms with Crippen LogP contribution in [0.25, 0.3) is 10.9 Å². The van der Waals surface area contributed by atoms with Crippen LogP contribution in [-0.2, 0) is 14.8 Å². The lowest BCUT2D eigenvalue weighted by molar-refractivity contribution is 0.239. The van der Waals surface area contributed by atoms with Crippen molar-refractivity contribution in [3.05, 3.63) is 52.9 Å². The molecule has 0 N–H and O–H groups in total. The molecule has 5 nitrogen and oxygen atoms in total. The van der Waals surface area contributed by atoms with Crippen molar-refractivity contribution >= 4 is 36.9 Å². The van der Waals surface area contributed by atoms with Gasteiger partial charge in [-0.15, -0.1) is 0 Å². The number of rotatable bonds is 3. The minimum Gasteiger partial charge on any atom is -0.372 e. The van der Waals surface area contributed by atoms with Crippen LogP contribution in [0.2, 0.25) is 0 Å². The van der Waals surface area contributed by atoms with Crippen molar-refractivity contribution in [2.45, 2.75) is 18.6 Å². The Balaban J connectivity index is 2.20. The van der Waals surface area contributed by atoms with Crippen molar-refractivity contribution in [3.8, 4) is 11.8 Å². The van der Waals surface area contributed by atoms with E-state index in [1.165, 1.54) is 3.97 Å². The number of fused-ring (bicyclic) bond motifs is 1. The summed E-state index contributed by atoms with van der Waals surface area (Å²) in [6.45, 7) is 3.79. The van der Waals surface area contributed by atoms with Gasteiger partial charge in [-0.25, -0.2) is 12.4 Å². The summed E-state index contributed by atoms with van der Waals surface area (Å²) < 4.78 is 33.3. The molecule has 0 fully saturated rings. The minimum absolute atomic E-state index is 0.247. The van der Waals surface area contributed by atoms with Gasteiger partial charge in [0.05, 0.1) is 17.6 Å². The summed E-state index contributed by atoms with van der Waals surface area (Å²) in [4.78, 5) is 4.07. The second-order valence-corrected chi connectivity index (χ2v) is 9.38. The molecule has 7 heteroatoms. The number of pyridine rings is 1. The lowest BCUT2D eigenvalue weighted by atomic mass is 9.83. The molecule has 1 aliphatic carbocycles. The molecule has 2 atom stereocenters.